The van der Waals surface area contributed by atoms with Crippen molar-refractivity contribution in [3.8, 4) is 0 Å². The maximum atomic E-state index is 6.42. The number of hydrogen-bond donors (Lipinski definition) is 1. The van der Waals surface area contributed by atoms with Gasteiger partial charge in [0, 0.05) is 34.7 Å². The van der Waals surface area contributed by atoms with E-state index in [-0.39, 0.29) is 0 Å². The lowest BCUT2D eigenvalue weighted by Gasteiger charge is -2.11. The Labute approximate surface area is 174 Å². The van der Waals surface area contributed by atoms with Gasteiger partial charge < -0.3 is 9.88 Å². The topological polar surface area (TPSA) is 17.0 Å². The molecule has 0 spiro atoms. The molecule has 0 bridgehead atoms. The average molecular weight is 397 g/mol. The first-order valence-electron chi connectivity index (χ1n) is 10.7. The molecule has 2 aromatic carbocycles. The van der Waals surface area contributed by atoms with Crippen LogP contribution in [0.4, 0.5) is 0 Å². The van der Waals surface area contributed by atoms with Crippen LogP contribution >= 0.6 is 11.6 Å². The molecular formula is C25H33ClN2. The molecule has 0 fully saturated rings. The van der Waals surface area contributed by atoms with E-state index in [0.29, 0.717) is 0 Å². The minimum Gasteiger partial charge on any atom is -0.340 e. The predicted molar refractivity (Wildman–Crippen MR) is 122 cm³/mol. The van der Waals surface area contributed by atoms with E-state index in [1.165, 1.54) is 66.2 Å². The van der Waals surface area contributed by atoms with Crippen molar-refractivity contribution in [2.75, 3.05) is 6.54 Å². The fourth-order valence-electron chi connectivity index (χ4n) is 3.97. The molecule has 0 atom stereocenters. The molecule has 3 aromatic rings. The van der Waals surface area contributed by atoms with Gasteiger partial charge in [-0.1, -0.05) is 87.0 Å². The van der Waals surface area contributed by atoms with Crippen molar-refractivity contribution in [1.82, 2.24) is 9.88 Å². The van der Waals surface area contributed by atoms with Crippen LogP contribution in [0.5, 0.6) is 0 Å². The Morgan fingerprint density at radius 1 is 0.893 bits per heavy atom. The maximum Gasteiger partial charge on any atom is 0.0493 e. The molecule has 0 saturated heterocycles. The first kappa shape index (κ1) is 21.0. The summed E-state index contributed by atoms with van der Waals surface area (Å²) in [7, 11) is 0. The van der Waals surface area contributed by atoms with E-state index in [0.717, 1.165) is 24.7 Å². The van der Waals surface area contributed by atoms with Crippen molar-refractivity contribution < 1.29 is 0 Å². The smallest absolute Gasteiger partial charge is 0.0493 e. The highest BCUT2D eigenvalue weighted by Crippen LogP contribution is 2.28. The van der Waals surface area contributed by atoms with E-state index in [9.17, 15) is 0 Å². The molecule has 28 heavy (non-hydrogen) atoms. The molecule has 0 radical (unpaired) electrons. The van der Waals surface area contributed by atoms with Gasteiger partial charge >= 0.3 is 0 Å². The number of rotatable bonds is 11. The number of aromatic nitrogens is 1. The van der Waals surface area contributed by atoms with E-state index in [1.54, 1.807) is 0 Å². The van der Waals surface area contributed by atoms with Gasteiger partial charge in [-0.2, -0.15) is 0 Å². The summed E-state index contributed by atoms with van der Waals surface area (Å²) < 4.78 is 2.40. The Morgan fingerprint density at radius 2 is 1.61 bits per heavy atom. The summed E-state index contributed by atoms with van der Waals surface area (Å²) >= 11 is 6.42. The Hall–Kier alpha value is -1.77. The highest BCUT2D eigenvalue weighted by molar-refractivity contribution is 6.31. The number of hydrogen-bond acceptors (Lipinski definition) is 1. The second-order valence-corrected chi connectivity index (χ2v) is 8.11. The van der Waals surface area contributed by atoms with Gasteiger partial charge in [-0.15, -0.1) is 0 Å². The summed E-state index contributed by atoms with van der Waals surface area (Å²) in [4.78, 5) is 0. The van der Waals surface area contributed by atoms with E-state index >= 15 is 0 Å². The van der Waals surface area contributed by atoms with Crippen LogP contribution in [-0.4, -0.2) is 11.1 Å². The Morgan fingerprint density at radius 3 is 2.43 bits per heavy atom. The van der Waals surface area contributed by atoms with Crippen LogP contribution in [0.15, 0.2) is 48.5 Å². The first-order valence-corrected chi connectivity index (χ1v) is 11.1. The summed E-state index contributed by atoms with van der Waals surface area (Å²) in [6.45, 7) is 7.33. The van der Waals surface area contributed by atoms with Gasteiger partial charge in [-0.05, 0) is 43.1 Å². The molecule has 1 heterocycles. The van der Waals surface area contributed by atoms with Gasteiger partial charge in [-0.25, -0.2) is 0 Å². The zero-order chi connectivity index (χ0) is 19.8. The standard InChI is InChI=1S/C25H33ClN2/c1-3-4-5-6-7-12-17-27-18-23-20(2)28(25-16-11-9-14-22(23)25)19-21-13-8-10-15-24(21)26/h8-11,13-16,27H,3-7,12,17-19H2,1-2H3. The molecule has 0 amide bonds. The van der Waals surface area contributed by atoms with Crippen LogP contribution < -0.4 is 5.32 Å². The lowest BCUT2D eigenvalue weighted by molar-refractivity contribution is 0.571. The van der Waals surface area contributed by atoms with Crippen molar-refractivity contribution in [1.29, 1.82) is 0 Å². The zero-order valence-corrected chi connectivity index (χ0v) is 18.1. The van der Waals surface area contributed by atoms with Gasteiger partial charge in [0.2, 0.25) is 0 Å². The van der Waals surface area contributed by atoms with Crippen LogP contribution in [0.3, 0.4) is 0 Å². The second-order valence-electron chi connectivity index (χ2n) is 7.70. The molecule has 0 saturated carbocycles. The number of nitrogens with zero attached hydrogens (tertiary/aromatic N) is 1. The van der Waals surface area contributed by atoms with Crippen LogP contribution in [0, 0.1) is 6.92 Å². The second kappa shape index (κ2) is 10.7. The lowest BCUT2D eigenvalue weighted by Crippen LogP contribution is -2.15. The Kier molecular flexibility index (Phi) is 8.00. The van der Waals surface area contributed by atoms with E-state index < -0.39 is 0 Å². The van der Waals surface area contributed by atoms with Crippen LogP contribution in [0.2, 0.25) is 5.02 Å². The molecular weight excluding hydrogens is 364 g/mol. The summed E-state index contributed by atoms with van der Waals surface area (Å²) in [5.41, 5.74) is 5.20. The normalized spacial score (nSPS) is 11.4. The Bertz CT molecular complexity index is 881. The van der Waals surface area contributed by atoms with Crippen LogP contribution in [0.1, 0.15) is 62.3 Å². The number of benzene rings is 2. The average Bonchev–Trinajstić information content (AvgIpc) is 2.97. The lowest BCUT2D eigenvalue weighted by atomic mass is 10.1. The number of halogens is 1. The number of nitrogens with one attached hydrogen (secondary N) is 1. The Balaban J connectivity index is 1.68. The molecule has 2 nitrogen and oxygen atoms in total. The maximum absolute atomic E-state index is 6.42. The molecule has 3 rings (SSSR count). The number of fused-ring (bicyclic) bond motifs is 1. The summed E-state index contributed by atoms with van der Waals surface area (Å²) in [5.74, 6) is 0. The van der Waals surface area contributed by atoms with Gasteiger partial charge in [0.05, 0.1) is 0 Å². The van der Waals surface area contributed by atoms with E-state index in [2.05, 4.69) is 60.1 Å². The predicted octanol–water partition coefficient (Wildman–Crippen LogP) is 7.10. The monoisotopic (exact) mass is 396 g/mol. The summed E-state index contributed by atoms with van der Waals surface area (Å²) in [5, 5.41) is 5.86. The molecule has 0 aliphatic carbocycles. The molecule has 1 aromatic heterocycles. The third-order valence-corrected chi connectivity index (χ3v) is 6.03. The highest BCUT2D eigenvalue weighted by atomic mass is 35.5. The van der Waals surface area contributed by atoms with Crippen molar-refractivity contribution in [3.63, 3.8) is 0 Å². The minimum atomic E-state index is 0.809. The summed E-state index contributed by atoms with van der Waals surface area (Å²) in [6, 6.07) is 16.9. The van der Waals surface area contributed by atoms with Crippen molar-refractivity contribution >= 4 is 22.5 Å². The van der Waals surface area contributed by atoms with Crippen LogP contribution in [0.25, 0.3) is 10.9 Å². The molecule has 150 valence electrons. The first-order chi connectivity index (χ1) is 13.7. The largest absolute Gasteiger partial charge is 0.340 e. The quantitative estimate of drug-likeness (QED) is 0.342. The van der Waals surface area contributed by atoms with Gasteiger partial charge in [0.25, 0.3) is 0 Å². The third kappa shape index (κ3) is 5.18. The molecule has 1 N–H and O–H groups in total. The van der Waals surface area contributed by atoms with Gasteiger partial charge in [-0.3, -0.25) is 0 Å². The molecule has 0 aliphatic heterocycles. The highest BCUT2D eigenvalue weighted by Gasteiger charge is 2.14. The van der Waals surface area contributed by atoms with Crippen molar-refractivity contribution in [3.05, 3.63) is 70.4 Å². The van der Waals surface area contributed by atoms with E-state index in [4.69, 9.17) is 11.6 Å². The van der Waals surface area contributed by atoms with Gasteiger partial charge in [0.15, 0.2) is 0 Å². The van der Waals surface area contributed by atoms with E-state index in [1.807, 2.05) is 12.1 Å². The minimum absolute atomic E-state index is 0.809. The molecule has 0 aliphatic rings. The van der Waals surface area contributed by atoms with Crippen LogP contribution in [-0.2, 0) is 13.1 Å². The summed E-state index contributed by atoms with van der Waals surface area (Å²) in [6.07, 6.45) is 8.03. The fourth-order valence-corrected chi connectivity index (χ4v) is 4.17. The number of unbranched alkanes of at least 4 members (excludes halogenated alkanes) is 5. The van der Waals surface area contributed by atoms with Crippen molar-refractivity contribution in [2.24, 2.45) is 0 Å². The fraction of sp³-hybridized carbons (Fsp3) is 0.440. The molecule has 3 heteroatoms. The zero-order valence-electron chi connectivity index (χ0n) is 17.3. The van der Waals surface area contributed by atoms with Crippen molar-refractivity contribution in [2.45, 2.75) is 65.5 Å². The SMILES string of the molecule is CCCCCCCCNCc1c(C)n(Cc2ccccc2Cl)c2ccccc12. The molecule has 0 unspecified atom stereocenters. The number of para-hydroxylation sites is 1. The third-order valence-electron chi connectivity index (χ3n) is 5.66. The van der Waals surface area contributed by atoms with Gasteiger partial charge in [0.1, 0.15) is 0 Å².